The minimum Gasteiger partial charge on any atom is -1.00 e. The fourth-order valence-electron chi connectivity index (χ4n) is 16.4. The van der Waals surface area contributed by atoms with Crippen molar-refractivity contribution in [2.24, 2.45) is 0 Å². The van der Waals surface area contributed by atoms with Crippen LogP contribution in [0.4, 0.5) is 0 Å². The number of para-hydroxylation sites is 2. The predicted molar refractivity (Wildman–Crippen MR) is 411 cm³/mol. The molecule has 4 nitrogen and oxygen atoms in total. The summed E-state index contributed by atoms with van der Waals surface area (Å²) in [6, 6.07) is 124. The summed E-state index contributed by atoms with van der Waals surface area (Å²) in [6.07, 6.45) is 0. The first-order valence-electron chi connectivity index (χ1n) is 33.3. The minimum atomic E-state index is -0.571. The molecule has 101 heavy (non-hydrogen) atoms. The third-order valence-electron chi connectivity index (χ3n) is 20.4. The molecule has 0 radical (unpaired) electrons. The maximum absolute atomic E-state index is 14.4. The molecule has 0 bridgehead atoms. The Kier molecular flexibility index (Phi) is 16.9. The standard InChI is InChI=1S/C44H26O2.C31H17BrO.C13H9N.C6H5.BrH.Mg/c45-42(29-23-21-28(22-24-29)27-11-2-1-3-12-27)34-16-10-19-37-40(34)32-14-4-7-17-35(32)44(37)36-18-8-5-15-33(36)41-38(44)26-25-31-30-13-6-9-20-39(30)46-43(31)41;32-26-14-7-13-24-28(26)20-9-1-4-11-22(20)31(24)23-12-5-2-10-21(23)29-25(31)17-16-19-18-8-3-6-15-27(18)33-30(19)29;14-10-11-6-8-13(9-7-11)12-4-2-1-3-5-12;1-2-4-6-5-3-1;;/h1-26H;1-17H;1-9H;1-5H;1H;/q;;;-1;;+2/p-1. The molecule has 2 aromatic heterocycles. The Hall–Kier alpha value is -11.2. The van der Waals surface area contributed by atoms with Gasteiger partial charge in [0.25, 0.3) is 0 Å². The number of hydrogen-bond donors (Lipinski definition) is 0. The van der Waals surface area contributed by atoms with Crippen molar-refractivity contribution < 1.29 is 30.6 Å². The number of nitriles is 1. The second kappa shape index (κ2) is 26.5. The van der Waals surface area contributed by atoms with Crippen LogP contribution in [0.3, 0.4) is 0 Å². The fraction of sp³-hybridized carbons (Fsp3) is 0.0213. The van der Waals surface area contributed by atoms with E-state index in [0.717, 1.165) is 82.1 Å². The monoisotopic (exact) mass is 1430 g/mol. The van der Waals surface area contributed by atoms with Crippen LogP contribution in [0.15, 0.2) is 359 Å². The van der Waals surface area contributed by atoms with Gasteiger partial charge in [-0.05, 0) is 125 Å². The van der Waals surface area contributed by atoms with Gasteiger partial charge in [0.2, 0.25) is 0 Å². The molecule has 17 aromatic rings. The van der Waals surface area contributed by atoms with Gasteiger partial charge in [-0.25, -0.2) is 0 Å². The molecule has 0 fully saturated rings. The number of ketones is 1. The van der Waals surface area contributed by atoms with Gasteiger partial charge in [0.05, 0.1) is 22.5 Å². The third kappa shape index (κ3) is 10.1. The predicted octanol–water partition coefficient (Wildman–Crippen LogP) is 20.9. The second-order valence-electron chi connectivity index (χ2n) is 25.4. The molecule has 2 atom stereocenters. The molecular formula is C94H57Br2MgNO3. The third-order valence-corrected chi connectivity index (χ3v) is 21.1. The van der Waals surface area contributed by atoms with E-state index in [9.17, 15) is 4.79 Å². The molecule has 472 valence electrons. The van der Waals surface area contributed by atoms with Crippen molar-refractivity contribution in [2.75, 3.05) is 0 Å². The zero-order valence-electron chi connectivity index (χ0n) is 54.5. The summed E-state index contributed by atoms with van der Waals surface area (Å²) >= 11 is 3.87. The normalized spacial score (nSPS) is 14.5. The molecule has 0 saturated heterocycles. The molecule has 2 unspecified atom stereocenters. The van der Waals surface area contributed by atoms with Crippen LogP contribution in [-0.2, 0) is 10.8 Å². The van der Waals surface area contributed by atoms with Crippen LogP contribution >= 0.6 is 15.9 Å². The van der Waals surface area contributed by atoms with Gasteiger partial charge in [0.15, 0.2) is 5.78 Å². The van der Waals surface area contributed by atoms with Crippen LogP contribution in [0, 0.1) is 17.4 Å². The molecular weight excluding hydrogens is 1380 g/mol. The summed E-state index contributed by atoms with van der Waals surface area (Å²) in [5.41, 5.74) is 29.1. The van der Waals surface area contributed by atoms with Crippen molar-refractivity contribution in [1.82, 2.24) is 0 Å². The maximum Gasteiger partial charge on any atom is 2.00 e. The Morgan fingerprint density at radius 2 is 0.703 bits per heavy atom. The van der Waals surface area contributed by atoms with E-state index in [-0.39, 0.29) is 51.2 Å². The van der Waals surface area contributed by atoms with Gasteiger partial charge in [-0.3, -0.25) is 4.79 Å². The molecule has 15 aromatic carbocycles. The zero-order chi connectivity index (χ0) is 66.2. The number of furan rings is 2. The molecule has 2 heterocycles. The van der Waals surface area contributed by atoms with Gasteiger partial charge in [-0.1, -0.05) is 301 Å². The molecule has 7 heteroatoms. The Labute approximate surface area is 620 Å². The summed E-state index contributed by atoms with van der Waals surface area (Å²) < 4.78 is 14.3. The number of fused-ring (bicyclic) bond motifs is 28. The van der Waals surface area contributed by atoms with Crippen molar-refractivity contribution in [3.63, 3.8) is 0 Å². The molecule has 4 aliphatic carbocycles. The van der Waals surface area contributed by atoms with Crippen molar-refractivity contribution in [3.05, 3.63) is 418 Å². The first-order valence-corrected chi connectivity index (χ1v) is 34.1. The van der Waals surface area contributed by atoms with E-state index in [1.165, 1.54) is 83.1 Å². The number of benzene rings is 15. The van der Waals surface area contributed by atoms with E-state index in [1.807, 2.05) is 140 Å². The van der Waals surface area contributed by atoms with Crippen LogP contribution in [0.5, 0.6) is 0 Å². The average Bonchev–Trinajstić information content (AvgIpc) is 1.51. The number of halogens is 2. The fourth-order valence-corrected chi connectivity index (χ4v) is 16.9. The number of carbonyl (C=O) groups excluding carboxylic acids is 1. The first kappa shape index (κ1) is 64.5. The van der Waals surface area contributed by atoms with Crippen LogP contribution < -0.4 is 17.0 Å². The molecule has 0 amide bonds. The number of nitrogens with zero attached hydrogens (tertiary/aromatic N) is 1. The minimum absolute atomic E-state index is 0. The van der Waals surface area contributed by atoms with E-state index in [0.29, 0.717) is 11.1 Å². The van der Waals surface area contributed by atoms with Crippen molar-refractivity contribution in [3.8, 4) is 72.8 Å². The van der Waals surface area contributed by atoms with Gasteiger partial charge < -0.3 is 25.8 Å². The first-order chi connectivity index (χ1) is 48.9. The molecule has 0 N–H and O–H groups in total. The van der Waals surface area contributed by atoms with Gasteiger partial charge in [-0.15, -0.1) is 0 Å². The Morgan fingerprint density at radius 1 is 0.337 bits per heavy atom. The molecule has 2 spiro atoms. The summed E-state index contributed by atoms with van der Waals surface area (Å²) in [7, 11) is 0. The van der Waals surface area contributed by atoms with E-state index < -0.39 is 5.41 Å². The second-order valence-corrected chi connectivity index (χ2v) is 26.3. The largest absolute Gasteiger partial charge is 2.00 e. The Balaban J connectivity index is 0.000000124. The van der Waals surface area contributed by atoms with E-state index in [1.54, 1.807) is 0 Å². The van der Waals surface area contributed by atoms with Crippen molar-refractivity contribution in [2.45, 2.75) is 10.8 Å². The number of hydrogen-bond acceptors (Lipinski definition) is 4. The summed E-state index contributed by atoms with van der Waals surface area (Å²) in [4.78, 5) is 14.4. The topological polar surface area (TPSA) is 67.1 Å². The number of carbonyl (C=O) groups is 1. The smallest absolute Gasteiger partial charge is 1.00 e. The average molecular weight is 1430 g/mol. The van der Waals surface area contributed by atoms with E-state index >= 15 is 0 Å². The molecule has 4 aliphatic rings. The van der Waals surface area contributed by atoms with Gasteiger partial charge in [0, 0.05) is 53.8 Å². The SMILES string of the molecule is Brc1cccc2c1-c1ccccc1C21c2ccccc2-c2c1ccc1c2oc2ccccc21.N#Cc1ccc(-c2ccccc2)cc1.O=C(c1ccc(-c2ccccc2)cc1)c1cccc2c1-c1ccccc1C21c2ccccc2-c2c1ccc1c2oc2ccccc21.[Br-].[Mg+2].[c-]1ccccc1. The van der Waals surface area contributed by atoms with Crippen LogP contribution in [0.1, 0.15) is 66.0 Å². The van der Waals surface area contributed by atoms with Gasteiger partial charge in [-0.2, -0.15) is 41.7 Å². The Morgan fingerprint density at radius 3 is 1.16 bits per heavy atom. The molecule has 0 saturated carbocycles. The van der Waals surface area contributed by atoms with Crippen LogP contribution in [0.25, 0.3) is 111 Å². The van der Waals surface area contributed by atoms with Crippen LogP contribution in [0.2, 0.25) is 0 Å². The van der Waals surface area contributed by atoms with Gasteiger partial charge >= 0.3 is 23.1 Å². The van der Waals surface area contributed by atoms with Crippen molar-refractivity contribution >= 4 is 88.6 Å². The zero-order valence-corrected chi connectivity index (χ0v) is 59.1. The summed E-state index contributed by atoms with van der Waals surface area (Å²) in [5, 5.41) is 13.2. The van der Waals surface area contributed by atoms with Crippen molar-refractivity contribution in [1.29, 1.82) is 5.26 Å². The molecule has 0 aliphatic heterocycles. The van der Waals surface area contributed by atoms with Gasteiger partial charge in [0.1, 0.15) is 22.3 Å². The molecule has 21 rings (SSSR count). The van der Waals surface area contributed by atoms with E-state index in [4.69, 9.17) is 14.1 Å². The summed E-state index contributed by atoms with van der Waals surface area (Å²) in [6.45, 7) is 0. The maximum atomic E-state index is 14.4. The number of rotatable bonds is 4. The quantitative estimate of drug-likeness (QED) is 0.100. The van der Waals surface area contributed by atoms with E-state index in [2.05, 4.69) is 234 Å². The Bertz CT molecular complexity index is 6070. The van der Waals surface area contributed by atoms with Crippen LogP contribution in [-0.4, -0.2) is 28.8 Å². The summed E-state index contributed by atoms with van der Waals surface area (Å²) in [5.74, 6) is 0.0301.